The van der Waals surface area contributed by atoms with Gasteiger partial charge in [0.25, 0.3) is 5.56 Å². The number of aromatic nitrogens is 2. The molecule has 0 unspecified atom stereocenters. The predicted molar refractivity (Wildman–Crippen MR) is 87.8 cm³/mol. The summed E-state index contributed by atoms with van der Waals surface area (Å²) in [6, 6.07) is 11.5. The Balaban J connectivity index is 1.79. The smallest absolute Gasteiger partial charge is 0.387 e. The molecule has 5 nitrogen and oxygen atoms in total. The maximum absolute atomic E-state index is 12.2. The first kappa shape index (κ1) is 16.2. The molecule has 0 saturated heterocycles. The number of nitrogens with one attached hydrogen (secondary N) is 2. The highest BCUT2D eigenvalue weighted by Crippen LogP contribution is 2.23. The average Bonchev–Trinajstić information content (AvgIpc) is 2.56. The van der Waals surface area contributed by atoms with Crippen LogP contribution in [0.2, 0.25) is 5.15 Å². The Morgan fingerprint density at radius 2 is 2.04 bits per heavy atom. The summed E-state index contributed by atoms with van der Waals surface area (Å²) >= 11 is 5.99. The highest BCUT2D eigenvalue weighted by atomic mass is 35.5. The Labute approximate surface area is 140 Å². The highest BCUT2D eigenvalue weighted by Gasteiger charge is 2.07. The molecule has 3 rings (SSSR count). The highest BCUT2D eigenvalue weighted by molar-refractivity contribution is 6.34. The van der Waals surface area contributed by atoms with Crippen LogP contribution < -0.4 is 15.6 Å². The first-order chi connectivity index (χ1) is 11.5. The number of halogens is 3. The van der Waals surface area contributed by atoms with Gasteiger partial charge in [-0.3, -0.25) is 4.79 Å². The van der Waals surface area contributed by atoms with Gasteiger partial charge in [0.15, 0.2) is 5.15 Å². The Morgan fingerprint density at radius 3 is 2.83 bits per heavy atom. The van der Waals surface area contributed by atoms with Crippen molar-refractivity contribution < 1.29 is 13.5 Å². The minimum atomic E-state index is -2.86. The van der Waals surface area contributed by atoms with Crippen LogP contribution in [-0.2, 0) is 6.54 Å². The number of H-pyrrole nitrogens is 1. The van der Waals surface area contributed by atoms with Gasteiger partial charge in [0.2, 0.25) is 0 Å². The van der Waals surface area contributed by atoms with E-state index in [1.54, 1.807) is 30.3 Å². The van der Waals surface area contributed by atoms with Crippen LogP contribution >= 0.6 is 11.6 Å². The lowest BCUT2D eigenvalue weighted by Gasteiger charge is -2.10. The van der Waals surface area contributed by atoms with Crippen molar-refractivity contribution in [2.45, 2.75) is 13.2 Å². The van der Waals surface area contributed by atoms with Crippen molar-refractivity contribution in [2.24, 2.45) is 0 Å². The average molecular weight is 352 g/mol. The SMILES string of the molecule is O=c1[nH]nc(Cl)c2cc(NCc3cccc(OC(F)F)c3)ccc12. The van der Waals surface area contributed by atoms with E-state index in [4.69, 9.17) is 11.6 Å². The van der Waals surface area contributed by atoms with E-state index in [1.165, 1.54) is 12.1 Å². The lowest BCUT2D eigenvalue weighted by atomic mass is 10.1. The summed E-state index contributed by atoms with van der Waals surface area (Å²) in [5, 5.41) is 10.3. The molecular formula is C16H12ClF2N3O2. The monoisotopic (exact) mass is 351 g/mol. The maximum atomic E-state index is 12.2. The number of aromatic amines is 1. The van der Waals surface area contributed by atoms with E-state index in [0.29, 0.717) is 17.3 Å². The molecule has 0 atom stereocenters. The Kier molecular flexibility index (Phi) is 4.61. The molecule has 0 amide bonds. The van der Waals surface area contributed by atoms with Crippen molar-refractivity contribution in [3.8, 4) is 5.75 Å². The van der Waals surface area contributed by atoms with Crippen molar-refractivity contribution in [1.82, 2.24) is 10.2 Å². The Bertz CT molecular complexity index is 931. The summed E-state index contributed by atoms with van der Waals surface area (Å²) < 4.78 is 28.8. The fourth-order valence-corrected chi connectivity index (χ4v) is 2.48. The zero-order valence-corrected chi connectivity index (χ0v) is 13.0. The molecule has 24 heavy (non-hydrogen) atoms. The molecule has 0 fully saturated rings. The molecule has 0 saturated carbocycles. The van der Waals surface area contributed by atoms with Gasteiger partial charge in [-0.2, -0.15) is 13.9 Å². The molecule has 0 radical (unpaired) electrons. The predicted octanol–water partition coefficient (Wildman–Crippen LogP) is 3.79. The van der Waals surface area contributed by atoms with Gasteiger partial charge in [0.1, 0.15) is 5.75 Å². The fraction of sp³-hybridized carbons (Fsp3) is 0.125. The van der Waals surface area contributed by atoms with Gasteiger partial charge in [-0.05, 0) is 35.9 Å². The minimum absolute atomic E-state index is 0.0987. The van der Waals surface area contributed by atoms with Crippen molar-refractivity contribution in [3.63, 3.8) is 0 Å². The van der Waals surface area contributed by atoms with E-state index in [0.717, 1.165) is 11.3 Å². The van der Waals surface area contributed by atoms with Gasteiger partial charge in [-0.1, -0.05) is 23.7 Å². The van der Waals surface area contributed by atoms with E-state index in [9.17, 15) is 13.6 Å². The minimum Gasteiger partial charge on any atom is -0.435 e. The fourth-order valence-electron chi connectivity index (χ4n) is 2.28. The van der Waals surface area contributed by atoms with Gasteiger partial charge < -0.3 is 10.1 Å². The van der Waals surface area contributed by atoms with Crippen LogP contribution in [0.25, 0.3) is 10.8 Å². The third-order valence-corrected chi connectivity index (χ3v) is 3.65. The van der Waals surface area contributed by atoms with Gasteiger partial charge in [0.05, 0.1) is 5.39 Å². The zero-order valence-electron chi connectivity index (χ0n) is 12.2. The van der Waals surface area contributed by atoms with Gasteiger partial charge in [-0.15, -0.1) is 0 Å². The van der Waals surface area contributed by atoms with Crippen LogP contribution in [0.1, 0.15) is 5.56 Å². The number of rotatable bonds is 5. The molecule has 0 aliphatic heterocycles. The number of hydrogen-bond acceptors (Lipinski definition) is 4. The third kappa shape index (κ3) is 3.62. The Morgan fingerprint density at radius 1 is 1.21 bits per heavy atom. The molecule has 0 aliphatic carbocycles. The number of benzene rings is 2. The molecule has 3 aromatic rings. The zero-order chi connectivity index (χ0) is 17.1. The summed E-state index contributed by atoms with van der Waals surface area (Å²) in [7, 11) is 0. The molecule has 0 aliphatic rings. The second kappa shape index (κ2) is 6.84. The van der Waals surface area contributed by atoms with E-state index in [1.807, 2.05) is 0 Å². The number of anilines is 1. The second-order valence-corrected chi connectivity index (χ2v) is 5.34. The first-order valence-electron chi connectivity index (χ1n) is 6.98. The standard InChI is InChI=1S/C16H12ClF2N3O2/c17-14-13-7-10(4-5-12(13)15(23)22-21-14)20-8-9-2-1-3-11(6-9)24-16(18)19/h1-7,16,20H,8H2,(H,22,23). The molecule has 124 valence electrons. The molecule has 2 N–H and O–H groups in total. The third-order valence-electron chi connectivity index (χ3n) is 3.36. The summed E-state index contributed by atoms with van der Waals surface area (Å²) in [6.45, 7) is -2.47. The van der Waals surface area contributed by atoms with Crippen molar-refractivity contribution in [3.05, 3.63) is 63.5 Å². The normalized spacial score (nSPS) is 11.0. The molecule has 0 spiro atoms. The van der Waals surface area contributed by atoms with Crippen LogP contribution in [0.15, 0.2) is 47.3 Å². The number of alkyl halides is 2. The van der Waals surface area contributed by atoms with Crippen LogP contribution in [0.4, 0.5) is 14.5 Å². The van der Waals surface area contributed by atoms with Crippen LogP contribution in [-0.4, -0.2) is 16.8 Å². The lowest BCUT2D eigenvalue weighted by Crippen LogP contribution is -2.08. The van der Waals surface area contributed by atoms with E-state index >= 15 is 0 Å². The van der Waals surface area contributed by atoms with Gasteiger partial charge in [-0.25, -0.2) is 5.10 Å². The molecule has 2 aromatic carbocycles. The second-order valence-electron chi connectivity index (χ2n) is 4.98. The number of nitrogens with zero attached hydrogens (tertiary/aromatic N) is 1. The quantitative estimate of drug-likeness (QED) is 0.734. The van der Waals surface area contributed by atoms with Crippen LogP contribution in [0.5, 0.6) is 5.75 Å². The summed E-state index contributed by atoms with van der Waals surface area (Å²) in [6.07, 6.45) is 0. The van der Waals surface area contributed by atoms with Gasteiger partial charge >= 0.3 is 6.61 Å². The van der Waals surface area contributed by atoms with Crippen molar-refractivity contribution in [2.75, 3.05) is 5.32 Å². The molecule has 8 heteroatoms. The van der Waals surface area contributed by atoms with E-state index < -0.39 is 6.61 Å². The lowest BCUT2D eigenvalue weighted by molar-refractivity contribution is -0.0498. The Hall–Kier alpha value is -2.67. The van der Waals surface area contributed by atoms with E-state index in [2.05, 4.69) is 20.3 Å². The molecule has 1 aromatic heterocycles. The molecule has 1 heterocycles. The van der Waals surface area contributed by atoms with Crippen LogP contribution in [0, 0.1) is 0 Å². The van der Waals surface area contributed by atoms with Crippen LogP contribution in [0.3, 0.4) is 0 Å². The van der Waals surface area contributed by atoms with Gasteiger partial charge in [0, 0.05) is 17.6 Å². The maximum Gasteiger partial charge on any atom is 0.387 e. The number of ether oxygens (including phenoxy) is 1. The summed E-state index contributed by atoms with van der Waals surface area (Å²) in [5.41, 5.74) is 1.16. The van der Waals surface area contributed by atoms with Crippen molar-refractivity contribution in [1.29, 1.82) is 0 Å². The van der Waals surface area contributed by atoms with Crippen molar-refractivity contribution >= 4 is 28.1 Å². The van der Waals surface area contributed by atoms with E-state index in [-0.39, 0.29) is 16.5 Å². The first-order valence-corrected chi connectivity index (χ1v) is 7.36. The molecular weight excluding hydrogens is 340 g/mol. The topological polar surface area (TPSA) is 67.0 Å². The number of fused-ring (bicyclic) bond motifs is 1. The molecule has 0 bridgehead atoms. The largest absolute Gasteiger partial charge is 0.435 e. The summed E-state index contributed by atoms with van der Waals surface area (Å²) in [4.78, 5) is 11.7. The summed E-state index contributed by atoms with van der Waals surface area (Å²) in [5.74, 6) is 0.0987. The number of hydrogen-bond donors (Lipinski definition) is 2.